The lowest BCUT2D eigenvalue weighted by molar-refractivity contribution is -0.131. The minimum Gasteiger partial charge on any atom is -0.397 e. The minimum atomic E-state index is -0.0972. The van der Waals surface area contributed by atoms with Crippen LogP contribution in [0.4, 0.5) is 5.69 Å². The van der Waals surface area contributed by atoms with Gasteiger partial charge in [-0.1, -0.05) is 29.8 Å². The number of nitrogens with two attached hydrogens (primary N) is 1. The van der Waals surface area contributed by atoms with Gasteiger partial charge in [0.2, 0.25) is 5.91 Å². The van der Waals surface area contributed by atoms with Gasteiger partial charge < -0.3 is 10.6 Å². The first kappa shape index (κ1) is 18.3. The van der Waals surface area contributed by atoms with Gasteiger partial charge in [-0.05, 0) is 30.7 Å². The lowest BCUT2D eigenvalue weighted by Gasteiger charge is -2.26. The van der Waals surface area contributed by atoms with Gasteiger partial charge in [-0.15, -0.1) is 12.4 Å². The molecule has 1 atom stereocenters. The van der Waals surface area contributed by atoms with E-state index >= 15 is 0 Å². The average Bonchev–Trinajstić information content (AvgIpc) is 2.48. The highest BCUT2D eigenvalue weighted by Crippen LogP contribution is 2.26. The van der Waals surface area contributed by atoms with E-state index in [9.17, 15) is 4.79 Å². The van der Waals surface area contributed by atoms with Crippen LogP contribution in [0.2, 0.25) is 5.02 Å². The number of aromatic nitrogens is 1. The Morgan fingerprint density at radius 1 is 1.32 bits per heavy atom. The first-order valence-electron chi connectivity index (χ1n) is 6.69. The Balaban J connectivity index is 0.00000242. The summed E-state index contributed by atoms with van der Waals surface area (Å²) < 4.78 is 0. The fraction of sp³-hybridized carbons (Fsp3) is 0.250. The molecule has 1 aromatic carbocycles. The van der Waals surface area contributed by atoms with Gasteiger partial charge in [0.1, 0.15) is 0 Å². The maximum atomic E-state index is 12.3. The number of benzene rings is 1. The van der Waals surface area contributed by atoms with E-state index in [2.05, 4.69) is 4.98 Å². The molecular formula is C16H19Cl2N3O. The molecule has 1 unspecified atom stereocenters. The van der Waals surface area contributed by atoms with Gasteiger partial charge in [-0.3, -0.25) is 9.78 Å². The molecule has 0 aliphatic heterocycles. The Kier molecular flexibility index (Phi) is 6.65. The minimum absolute atomic E-state index is 0. The standard InChI is InChI=1S/C16H18ClN3O.ClH/c1-11(14-5-3-4-6-15(14)17)20(2)16(21)9-13-8-7-12(18)10-19-13;/h3-8,10-11H,9,18H2,1-2H3;1H. The van der Waals surface area contributed by atoms with Crippen molar-refractivity contribution in [2.45, 2.75) is 19.4 Å². The Morgan fingerprint density at radius 2 is 2.00 bits per heavy atom. The molecule has 0 saturated carbocycles. The van der Waals surface area contributed by atoms with E-state index in [1.165, 1.54) is 0 Å². The zero-order valence-corrected chi connectivity index (χ0v) is 14.1. The van der Waals surface area contributed by atoms with E-state index in [4.69, 9.17) is 17.3 Å². The summed E-state index contributed by atoms with van der Waals surface area (Å²) in [6, 6.07) is 11.0. The van der Waals surface area contributed by atoms with Crippen LogP contribution in [0.1, 0.15) is 24.2 Å². The molecule has 0 fully saturated rings. The van der Waals surface area contributed by atoms with E-state index in [1.54, 1.807) is 30.3 Å². The molecule has 0 aliphatic rings. The van der Waals surface area contributed by atoms with Crippen molar-refractivity contribution in [2.24, 2.45) is 0 Å². The number of anilines is 1. The summed E-state index contributed by atoms with van der Waals surface area (Å²) in [5, 5.41) is 0.662. The van der Waals surface area contributed by atoms with Crippen LogP contribution in [-0.4, -0.2) is 22.8 Å². The molecule has 1 heterocycles. The fourth-order valence-corrected chi connectivity index (χ4v) is 2.35. The average molecular weight is 340 g/mol. The van der Waals surface area contributed by atoms with Gasteiger partial charge in [-0.2, -0.15) is 0 Å². The number of amides is 1. The van der Waals surface area contributed by atoms with Gasteiger partial charge in [0.25, 0.3) is 0 Å². The molecule has 0 radical (unpaired) electrons. The molecule has 0 spiro atoms. The van der Waals surface area contributed by atoms with Gasteiger partial charge in [0.15, 0.2) is 0 Å². The molecule has 6 heteroatoms. The van der Waals surface area contributed by atoms with Crippen LogP contribution in [0.15, 0.2) is 42.6 Å². The molecule has 118 valence electrons. The van der Waals surface area contributed by atoms with E-state index in [-0.39, 0.29) is 30.8 Å². The number of hydrogen-bond acceptors (Lipinski definition) is 3. The fourth-order valence-electron chi connectivity index (χ4n) is 2.06. The summed E-state index contributed by atoms with van der Waals surface area (Å²) in [7, 11) is 1.77. The third kappa shape index (κ3) is 4.36. The molecule has 1 aromatic heterocycles. The number of carbonyl (C=O) groups is 1. The van der Waals surface area contributed by atoms with Crippen molar-refractivity contribution >= 4 is 35.6 Å². The first-order valence-corrected chi connectivity index (χ1v) is 7.07. The van der Waals surface area contributed by atoms with Crippen LogP contribution in [0.25, 0.3) is 0 Å². The van der Waals surface area contributed by atoms with Crippen LogP contribution in [0, 0.1) is 0 Å². The predicted octanol–water partition coefficient (Wildman–Crippen LogP) is 3.50. The number of hydrogen-bond donors (Lipinski definition) is 1. The second-order valence-electron chi connectivity index (χ2n) is 4.96. The third-order valence-electron chi connectivity index (χ3n) is 3.51. The van der Waals surface area contributed by atoms with E-state index in [1.807, 2.05) is 31.2 Å². The quantitative estimate of drug-likeness (QED) is 0.927. The van der Waals surface area contributed by atoms with Crippen LogP contribution < -0.4 is 5.73 Å². The van der Waals surface area contributed by atoms with Crippen molar-refractivity contribution in [2.75, 3.05) is 12.8 Å². The van der Waals surface area contributed by atoms with Gasteiger partial charge in [0, 0.05) is 17.8 Å². The van der Waals surface area contributed by atoms with Gasteiger partial charge >= 0.3 is 0 Å². The Morgan fingerprint density at radius 3 is 2.59 bits per heavy atom. The molecule has 0 bridgehead atoms. The van der Waals surface area contributed by atoms with Crippen molar-refractivity contribution in [3.63, 3.8) is 0 Å². The number of rotatable bonds is 4. The highest BCUT2D eigenvalue weighted by molar-refractivity contribution is 6.31. The summed E-state index contributed by atoms with van der Waals surface area (Å²) in [5.41, 5.74) is 7.80. The molecular weight excluding hydrogens is 321 g/mol. The smallest absolute Gasteiger partial charge is 0.228 e. The van der Waals surface area contributed by atoms with Crippen LogP contribution in [0.5, 0.6) is 0 Å². The molecule has 4 nitrogen and oxygen atoms in total. The lowest BCUT2D eigenvalue weighted by Crippen LogP contribution is -2.31. The number of nitrogen functional groups attached to an aromatic ring is 1. The normalized spacial score (nSPS) is 11.4. The lowest BCUT2D eigenvalue weighted by atomic mass is 10.1. The number of halogens is 2. The topological polar surface area (TPSA) is 59.2 Å². The van der Waals surface area contributed by atoms with Crippen LogP contribution in [-0.2, 0) is 11.2 Å². The van der Waals surface area contributed by atoms with Crippen LogP contribution in [0.3, 0.4) is 0 Å². The zero-order chi connectivity index (χ0) is 15.4. The molecule has 0 aliphatic carbocycles. The monoisotopic (exact) mass is 339 g/mol. The second-order valence-corrected chi connectivity index (χ2v) is 5.37. The SMILES string of the molecule is CC(c1ccccc1Cl)N(C)C(=O)Cc1ccc(N)cn1.Cl. The van der Waals surface area contributed by atoms with Crippen molar-refractivity contribution in [1.82, 2.24) is 9.88 Å². The number of nitrogens with zero attached hydrogens (tertiary/aromatic N) is 2. The van der Waals surface area contributed by atoms with Gasteiger partial charge in [0.05, 0.1) is 24.3 Å². The molecule has 22 heavy (non-hydrogen) atoms. The predicted molar refractivity (Wildman–Crippen MR) is 92.2 cm³/mol. The molecule has 1 amide bonds. The summed E-state index contributed by atoms with van der Waals surface area (Å²) in [4.78, 5) is 18.2. The Hall–Kier alpha value is -1.78. The van der Waals surface area contributed by atoms with Crippen molar-refractivity contribution in [3.8, 4) is 0 Å². The third-order valence-corrected chi connectivity index (χ3v) is 3.85. The van der Waals surface area contributed by atoms with Crippen molar-refractivity contribution in [3.05, 3.63) is 58.9 Å². The Bertz CT molecular complexity index is 632. The van der Waals surface area contributed by atoms with Crippen molar-refractivity contribution in [1.29, 1.82) is 0 Å². The van der Waals surface area contributed by atoms with E-state index < -0.39 is 0 Å². The largest absolute Gasteiger partial charge is 0.397 e. The second kappa shape index (κ2) is 8.01. The maximum absolute atomic E-state index is 12.3. The molecule has 2 N–H and O–H groups in total. The zero-order valence-electron chi connectivity index (χ0n) is 12.5. The van der Waals surface area contributed by atoms with E-state index in [0.717, 1.165) is 5.56 Å². The van der Waals surface area contributed by atoms with Crippen LogP contribution >= 0.6 is 24.0 Å². The first-order chi connectivity index (χ1) is 9.99. The summed E-state index contributed by atoms with van der Waals surface area (Å²) in [5.74, 6) is -0.0142. The van der Waals surface area contributed by atoms with E-state index in [0.29, 0.717) is 16.4 Å². The number of carbonyl (C=O) groups excluding carboxylic acids is 1. The number of likely N-dealkylation sites (N-methyl/N-ethyl adjacent to an activating group) is 1. The van der Waals surface area contributed by atoms with Crippen molar-refractivity contribution < 1.29 is 4.79 Å². The molecule has 0 saturated heterocycles. The molecule has 2 aromatic rings. The number of pyridine rings is 1. The summed E-state index contributed by atoms with van der Waals surface area (Å²) in [6.07, 6.45) is 1.80. The maximum Gasteiger partial charge on any atom is 0.228 e. The summed E-state index contributed by atoms with van der Waals surface area (Å²) in [6.45, 7) is 1.95. The molecule has 2 rings (SSSR count). The highest BCUT2D eigenvalue weighted by atomic mass is 35.5. The summed E-state index contributed by atoms with van der Waals surface area (Å²) >= 11 is 6.18. The Labute approximate surface area is 141 Å². The van der Waals surface area contributed by atoms with Gasteiger partial charge in [-0.25, -0.2) is 0 Å². The highest BCUT2D eigenvalue weighted by Gasteiger charge is 2.19.